The van der Waals surface area contributed by atoms with Gasteiger partial charge in [-0.25, -0.2) is 0 Å². The molecular formula is C14H16N2O2S. The summed E-state index contributed by atoms with van der Waals surface area (Å²) >= 11 is 1.32. The molecule has 0 fully saturated rings. The van der Waals surface area contributed by atoms with E-state index < -0.39 is 0 Å². The highest BCUT2D eigenvalue weighted by Gasteiger charge is 2.21. The minimum absolute atomic E-state index is 0.105. The van der Waals surface area contributed by atoms with Crippen molar-refractivity contribution in [1.82, 2.24) is 5.32 Å². The summed E-state index contributed by atoms with van der Waals surface area (Å²) < 4.78 is 0. The smallest absolute Gasteiger partial charge is 0.262 e. The quantitative estimate of drug-likeness (QED) is 0.834. The molecule has 1 unspecified atom stereocenters. The Balaban J connectivity index is 2.14. The van der Waals surface area contributed by atoms with E-state index >= 15 is 0 Å². The van der Waals surface area contributed by atoms with E-state index in [0.717, 1.165) is 17.0 Å². The highest BCUT2D eigenvalue weighted by atomic mass is 32.2. The van der Waals surface area contributed by atoms with Crippen molar-refractivity contribution < 1.29 is 9.59 Å². The number of carbonyl (C=O) groups excluding carboxylic acids is 2. The number of hydrogen-bond donors (Lipinski definition) is 2. The summed E-state index contributed by atoms with van der Waals surface area (Å²) in [5.74, 6) is -0.464. The number of thioether (sulfide) groups is 1. The maximum atomic E-state index is 11.9. The fourth-order valence-corrected chi connectivity index (χ4v) is 2.53. The molecule has 0 aromatic heterocycles. The molecule has 1 aliphatic heterocycles. The first-order valence-corrected chi connectivity index (χ1v) is 7.02. The summed E-state index contributed by atoms with van der Waals surface area (Å²) in [6, 6.07) is 7.63. The van der Waals surface area contributed by atoms with Crippen LogP contribution in [0.5, 0.6) is 0 Å². The second-order valence-corrected chi connectivity index (χ2v) is 5.46. The van der Waals surface area contributed by atoms with Crippen LogP contribution in [0.25, 0.3) is 0 Å². The number of nitrogens with one attached hydrogen (secondary N) is 2. The Hall–Kier alpha value is -1.75. The topological polar surface area (TPSA) is 58.2 Å². The van der Waals surface area contributed by atoms with Gasteiger partial charge in [0.1, 0.15) is 0 Å². The largest absolute Gasteiger partial charge is 0.350 e. The maximum absolute atomic E-state index is 11.9. The summed E-state index contributed by atoms with van der Waals surface area (Å²) in [6.45, 7) is 3.93. The molecule has 1 aromatic rings. The summed E-state index contributed by atoms with van der Waals surface area (Å²) in [5, 5.41) is 5.59. The van der Waals surface area contributed by atoms with E-state index in [1.807, 2.05) is 38.1 Å². The molecule has 19 heavy (non-hydrogen) atoms. The number of amides is 2. The van der Waals surface area contributed by atoms with Gasteiger partial charge in [0.25, 0.3) is 5.91 Å². The Kier molecular flexibility index (Phi) is 4.27. The lowest BCUT2D eigenvalue weighted by Crippen LogP contribution is -2.31. The molecule has 0 spiro atoms. The molecule has 2 N–H and O–H groups in total. The molecule has 1 atom stereocenters. The van der Waals surface area contributed by atoms with Gasteiger partial charge in [-0.05, 0) is 25.5 Å². The van der Waals surface area contributed by atoms with Crippen molar-refractivity contribution in [3.63, 3.8) is 0 Å². The standard InChI is InChI=1S/C14H16N2O2S/c1-3-9(2)15-13(17)8-12-14(18)16-10-6-4-5-7-11(10)19-12/h4-9H,3H2,1-2H3,(H,15,17)(H,16,18). The van der Waals surface area contributed by atoms with Gasteiger partial charge in [-0.15, -0.1) is 0 Å². The average Bonchev–Trinajstić information content (AvgIpc) is 2.39. The second-order valence-electron chi connectivity index (χ2n) is 4.38. The van der Waals surface area contributed by atoms with Gasteiger partial charge >= 0.3 is 0 Å². The van der Waals surface area contributed by atoms with Crippen LogP contribution in [0.4, 0.5) is 5.69 Å². The molecule has 100 valence electrons. The minimum Gasteiger partial charge on any atom is -0.350 e. The summed E-state index contributed by atoms with van der Waals surface area (Å²) in [7, 11) is 0. The van der Waals surface area contributed by atoms with Crippen LogP contribution in [0.15, 0.2) is 40.1 Å². The molecule has 2 rings (SSSR count). The zero-order valence-corrected chi connectivity index (χ0v) is 11.7. The van der Waals surface area contributed by atoms with Crippen LogP contribution >= 0.6 is 11.8 Å². The number of hydrogen-bond acceptors (Lipinski definition) is 3. The van der Waals surface area contributed by atoms with E-state index in [4.69, 9.17) is 0 Å². The van der Waals surface area contributed by atoms with E-state index in [1.54, 1.807) is 0 Å². The molecule has 5 heteroatoms. The number of benzene rings is 1. The van der Waals surface area contributed by atoms with Crippen molar-refractivity contribution in [2.75, 3.05) is 5.32 Å². The van der Waals surface area contributed by atoms with E-state index in [-0.39, 0.29) is 17.9 Å². The molecule has 0 radical (unpaired) electrons. The van der Waals surface area contributed by atoms with Crippen LogP contribution in [0, 0.1) is 0 Å². The zero-order chi connectivity index (χ0) is 13.8. The molecule has 4 nitrogen and oxygen atoms in total. The first kappa shape index (κ1) is 13.7. The average molecular weight is 276 g/mol. The van der Waals surface area contributed by atoms with E-state index in [1.165, 1.54) is 17.8 Å². The number of anilines is 1. The molecule has 2 amide bonds. The fourth-order valence-electron chi connectivity index (χ4n) is 1.61. The highest BCUT2D eigenvalue weighted by molar-refractivity contribution is 8.04. The lowest BCUT2D eigenvalue weighted by molar-refractivity contribution is -0.118. The van der Waals surface area contributed by atoms with Gasteiger partial charge in [-0.1, -0.05) is 30.8 Å². The Bertz CT molecular complexity index is 540. The molecule has 0 saturated carbocycles. The monoisotopic (exact) mass is 276 g/mol. The SMILES string of the molecule is CCC(C)NC(=O)C=C1Sc2ccccc2NC1=O. The van der Waals surface area contributed by atoms with E-state index in [0.29, 0.717) is 4.91 Å². The minimum atomic E-state index is -0.233. The van der Waals surface area contributed by atoms with Crippen molar-refractivity contribution in [1.29, 1.82) is 0 Å². The van der Waals surface area contributed by atoms with Crippen molar-refractivity contribution >= 4 is 29.3 Å². The van der Waals surface area contributed by atoms with Crippen LogP contribution < -0.4 is 10.6 Å². The van der Waals surface area contributed by atoms with Crippen molar-refractivity contribution in [2.45, 2.75) is 31.2 Å². The number of para-hydroxylation sites is 1. The number of fused-ring (bicyclic) bond motifs is 1. The van der Waals surface area contributed by atoms with E-state index in [9.17, 15) is 9.59 Å². The van der Waals surface area contributed by atoms with Crippen LogP contribution in [0.1, 0.15) is 20.3 Å². The second kappa shape index (κ2) is 5.93. The Labute approximate surface area is 116 Å². The zero-order valence-electron chi connectivity index (χ0n) is 10.9. The first-order valence-electron chi connectivity index (χ1n) is 6.20. The fraction of sp³-hybridized carbons (Fsp3) is 0.286. The van der Waals surface area contributed by atoms with Gasteiger partial charge in [0.2, 0.25) is 5.91 Å². The third kappa shape index (κ3) is 3.38. The molecule has 1 aliphatic rings. The van der Waals surface area contributed by atoms with Crippen LogP contribution in [0.3, 0.4) is 0 Å². The van der Waals surface area contributed by atoms with Crippen molar-refractivity contribution in [2.24, 2.45) is 0 Å². The third-order valence-corrected chi connectivity index (χ3v) is 3.94. The third-order valence-electron chi connectivity index (χ3n) is 2.84. The molecule has 0 aliphatic carbocycles. The molecule has 0 saturated heterocycles. The molecule has 1 aromatic carbocycles. The van der Waals surface area contributed by atoms with Crippen LogP contribution in [0.2, 0.25) is 0 Å². The summed E-state index contributed by atoms with van der Waals surface area (Å²) in [6.07, 6.45) is 2.22. The Morgan fingerprint density at radius 2 is 2.21 bits per heavy atom. The normalized spacial score (nSPS) is 17.6. The molecule has 0 bridgehead atoms. The predicted molar refractivity (Wildman–Crippen MR) is 76.9 cm³/mol. The predicted octanol–water partition coefficient (Wildman–Crippen LogP) is 2.53. The summed E-state index contributed by atoms with van der Waals surface area (Å²) in [5.41, 5.74) is 0.789. The maximum Gasteiger partial charge on any atom is 0.262 e. The van der Waals surface area contributed by atoms with Gasteiger partial charge in [0.15, 0.2) is 0 Å². The first-order chi connectivity index (χ1) is 9.10. The summed E-state index contributed by atoms with van der Waals surface area (Å²) in [4.78, 5) is 25.0. The number of rotatable bonds is 3. The van der Waals surface area contributed by atoms with Gasteiger partial charge < -0.3 is 10.6 Å². The lowest BCUT2D eigenvalue weighted by atomic mass is 10.2. The Morgan fingerprint density at radius 1 is 1.47 bits per heavy atom. The van der Waals surface area contributed by atoms with Gasteiger partial charge in [-0.2, -0.15) is 0 Å². The van der Waals surface area contributed by atoms with Gasteiger partial charge in [-0.3, -0.25) is 9.59 Å². The lowest BCUT2D eigenvalue weighted by Gasteiger charge is -2.18. The van der Waals surface area contributed by atoms with Crippen LogP contribution in [-0.2, 0) is 9.59 Å². The van der Waals surface area contributed by atoms with E-state index in [2.05, 4.69) is 10.6 Å². The molecular weight excluding hydrogens is 260 g/mol. The van der Waals surface area contributed by atoms with Crippen molar-refractivity contribution in [3.8, 4) is 0 Å². The van der Waals surface area contributed by atoms with Crippen molar-refractivity contribution in [3.05, 3.63) is 35.2 Å². The molecule has 1 heterocycles. The van der Waals surface area contributed by atoms with Crippen LogP contribution in [-0.4, -0.2) is 17.9 Å². The van der Waals surface area contributed by atoms with Gasteiger partial charge in [0, 0.05) is 17.0 Å². The highest BCUT2D eigenvalue weighted by Crippen LogP contribution is 2.37. The van der Waals surface area contributed by atoms with Gasteiger partial charge in [0.05, 0.1) is 10.6 Å². The Morgan fingerprint density at radius 3 is 2.95 bits per heavy atom. The number of carbonyl (C=O) groups is 2.